The molecule has 0 spiro atoms. The normalized spacial score (nSPS) is 12.7. The van der Waals surface area contributed by atoms with E-state index in [1.807, 2.05) is 60.7 Å². The van der Waals surface area contributed by atoms with E-state index in [2.05, 4.69) is 31.2 Å². The summed E-state index contributed by atoms with van der Waals surface area (Å²) in [6.07, 6.45) is 3.60. The van der Waals surface area contributed by atoms with Crippen LogP contribution in [0.25, 0.3) is 10.9 Å². The lowest BCUT2D eigenvalue weighted by Crippen LogP contribution is -2.30. The van der Waals surface area contributed by atoms with Gasteiger partial charge in [0.05, 0.1) is 5.52 Å². The molecule has 4 N–H and O–H groups in total. The van der Waals surface area contributed by atoms with Crippen LogP contribution in [0.4, 0.5) is 22.0 Å². The summed E-state index contributed by atoms with van der Waals surface area (Å²) in [7, 11) is 0. The van der Waals surface area contributed by atoms with Crippen molar-refractivity contribution >= 4 is 40.0 Å². The second-order valence-electron chi connectivity index (χ2n) is 8.20. The van der Waals surface area contributed by atoms with Gasteiger partial charge in [0, 0.05) is 34.9 Å². The summed E-state index contributed by atoms with van der Waals surface area (Å²) in [5, 5.41) is 12.9. The van der Waals surface area contributed by atoms with Crippen LogP contribution in [0.1, 0.15) is 28.8 Å². The largest absolute Gasteiger partial charge is 0.348 e. The molecule has 4 aromatic rings. The summed E-state index contributed by atoms with van der Waals surface area (Å²) in [6.45, 7) is 0.353. The molecule has 8 nitrogen and oxygen atoms in total. The lowest BCUT2D eigenvalue weighted by molar-refractivity contribution is 0.0951. The number of fused-ring (bicyclic) bond motifs is 1. The van der Waals surface area contributed by atoms with Crippen LogP contribution in [0, 0.1) is 0 Å². The first-order chi connectivity index (χ1) is 16.6. The number of anilines is 3. The lowest BCUT2D eigenvalue weighted by atomic mass is 10.1. The molecular formula is C26H24N6O2. The van der Waals surface area contributed by atoms with Gasteiger partial charge in [-0.25, -0.2) is 14.8 Å². The van der Waals surface area contributed by atoms with Crippen LogP contribution in [-0.4, -0.2) is 27.9 Å². The number of carbonyl (C=O) groups excluding carboxylic acids is 2. The molecule has 0 bridgehead atoms. The summed E-state index contributed by atoms with van der Waals surface area (Å²) < 4.78 is 0. The first-order valence-electron chi connectivity index (χ1n) is 11.2. The maximum absolute atomic E-state index is 12.6. The average Bonchev–Trinajstić information content (AvgIpc) is 3.67. The number of nitrogens with one attached hydrogen (secondary N) is 4. The van der Waals surface area contributed by atoms with Gasteiger partial charge in [-0.3, -0.25) is 4.79 Å². The smallest absolute Gasteiger partial charge is 0.319 e. The highest BCUT2D eigenvalue weighted by molar-refractivity contribution is 5.95. The number of urea groups is 1. The van der Waals surface area contributed by atoms with Crippen LogP contribution in [0.15, 0.2) is 79.1 Å². The Hall–Kier alpha value is -4.46. The minimum atomic E-state index is -0.202. The highest BCUT2D eigenvalue weighted by atomic mass is 16.2. The third-order valence-electron chi connectivity index (χ3n) is 5.50. The van der Waals surface area contributed by atoms with E-state index >= 15 is 0 Å². The van der Waals surface area contributed by atoms with Crippen molar-refractivity contribution in [1.82, 2.24) is 20.6 Å². The Balaban J connectivity index is 1.18. The van der Waals surface area contributed by atoms with E-state index in [9.17, 15) is 9.59 Å². The van der Waals surface area contributed by atoms with Gasteiger partial charge < -0.3 is 21.3 Å². The Labute approximate surface area is 196 Å². The second-order valence-corrected chi connectivity index (χ2v) is 8.20. The van der Waals surface area contributed by atoms with Crippen molar-refractivity contribution in [2.45, 2.75) is 25.4 Å². The molecule has 3 aromatic carbocycles. The van der Waals surface area contributed by atoms with Crippen LogP contribution in [0.5, 0.6) is 0 Å². The minimum Gasteiger partial charge on any atom is -0.348 e. The molecule has 0 saturated heterocycles. The molecule has 1 saturated carbocycles. The predicted octanol–water partition coefficient (Wildman–Crippen LogP) is 4.59. The second kappa shape index (κ2) is 9.58. The molecule has 1 heterocycles. The van der Waals surface area contributed by atoms with Crippen molar-refractivity contribution < 1.29 is 9.59 Å². The third-order valence-corrected chi connectivity index (χ3v) is 5.50. The molecule has 0 aliphatic heterocycles. The Kier molecular flexibility index (Phi) is 6.03. The molecule has 3 amide bonds. The number of carbonyl (C=O) groups is 2. The third kappa shape index (κ3) is 5.29. The van der Waals surface area contributed by atoms with E-state index in [1.165, 1.54) is 6.33 Å². The molecule has 170 valence electrons. The van der Waals surface area contributed by atoms with E-state index in [-0.39, 0.29) is 11.9 Å². The number of benzene rings is 3. The number of aromatic nitrogens is 2. The molecular weight excluding hydrogens is 428 g/mol. The molecule has 5 rings (SSSR count). The summed E-state index contributed by atoms with van der Waals surface area (Å²) >= 11 is 0. The van der Waals surface area contributed by atoms with Crippen LogP contribution in [0.2, 0.25) is 0 Å². The van der Waals surface area contributed by atoms with Gasteiger partial charge >= 0.3 is 6.03 Å². The topological polar surface area (TPSA) is 108 Å². The van der Waals surface area contributed by atoms with Crippen molar-refractivity contribution in [2.75, 3.05) is 10.6 Å². The quantitative estimate of drug-likeness (QED) is 0.328. The van der Waals surface area contributed by atoms with Gasteiger partial charge in [0.25, 0.3) is 5.91 Å². The molecule has 34 heavy (non-hydrogen) atoms. The fraction of sp³-hybridized carbons (Fsp3) is 0.154. The van der Waals surface area contributed by atoms with Gasteiger partial charge in [-0.2, -0.15) is 0 Å². The average molecular weight is 453 g/mol. The molecule has 8 heteroatoms. The highest BCUT2D eigenvalue weighted by Gasteiger charge is 2.23. The summed E-state index contributed by atoms with van der Waals surface area (Å²) in [5.74, 6) is 0.533. The van der Waals surface area contributed by atoms with E-state index in [1.54, 1.807) is 12.1 Å². The first-order valence-corrected chi connectivity index (χ1v) is 11.2. The van der Waals surface area contributed by atoms with Gasteiger partial charge in [0.2, 0.25) is 0 Å². The molecule has 0 atom stereocenters. The van der Waals surface area contributed by atoms with Gasteiger partial charge in [0.1, 0.15) is 12.1 Å². The lowest BCUT2D eigenvalue weighted by Gasteiger charge is -2.10. The molecule has 1 aromatic heterocycles. The van der Waals surface area contributed by atoms with E-state index in [0.717, 1.165) is 35.0 Å². The van der Waals surface area contributed by atoms with Gasteiger partial charge in [-0.05, 0) is 66.9 Å². The van der Waals surface area contributed by atoms with Crippen molar-refractivity contribution in [2.24, 2.45) is 0 Å². The maximum Gasteiger partial charge on any atom is 0.319 e. The fourth-order valence-electron chi connectivity index (χ4n) is 3.57. The molecule has 0 radical (unpaired) electrons. The summed E-state index contributed by atoms with van der Waals surface area (Å²) in [4.78, 5) is 33.2. The maximum atomic E-state index is 12.6. The highest BCUT2D eigenvalue weighted by Crippen LogP contribution is 2.23. The summed E-state index contributed by atoms with van der Waals surface area (Å²) in [6, 6.07) is 22.5. The van der Waals surface area contributed by atoms with Crippen molar-refractivity contribution in [3.63, 3.8) is 0 Å². The van der Waals surface area contributed by atoms with E-state index in [4.69, 9.17) is 0 Å². The molecule has 1 aliphatic carbocycles. The Morgan fingerprint density at radius 2 is 1.71 bits per heavy atom. The van der Waals surface area contributed by atoms with Crippen molar-refractivity contribution in [3.05, 3.63) is 90.3 Å². The molecule has 0 unspecified atom stereocenters. The zero-order chi connectivity index (χ0) is 23.3. The van der Waals surface area contributed by atoms with Crippen LogP contribution in [-0.2, 0) is 6.54 Å². The van der Waals surface area contributed by atoms with Crippen LogP contribution < -0.4 is 21.3 Å². The van der Waals surface area contributed by atoms with Gasteiger partial charge in [0.15, 0.2) is 0 Å². The SMILES string of the molecule is O=C(Nc1cccc(CNC(=O)c2ccc(Nc3ncnc4ccccc34)cc2)c1)NC1CC1. The van der Waals surface area contributed by atoms with E-state index < -0.39 is 0 Å². The summed E-state index contributed by atoms with van der Waals surface area (Å²) in [5.41, 5.74) is 3.82. The first kappa shape index (κ1) is 21.4. The van der Waals surface area contributed by atoms with Gasteiger partial charge in [-0.1, -0.05) is 24.3 Å². The number of hydrogen-bond donors (Lipinski definition) is 4. The van der Waals surface area contributed by atoms with E-state index in [0.29, 0.717) is 29.7 Å². The molecule has 1 aliphatic rings. The van der Waals surface area contributed by atoms with Crippen molar-refractivity contribution in [3.8, 4) is 0 Å². The Bertz CT molecular complexity index is 1330. The zero-order valence-corrected chi connectivity index (χ0v) is 18.4. The minimum absolute atomic E-state index is 0.177. The van der Waals surface area contributed by atoms with Crippen LogP contribution >= 0.6 is 0 Å². The Morgan fingerprint density at radius 1 is 0.882 bits per heavy atom. The molecule has 1 fully saturated rings. The number of nitrogens with zero attached hydrogens (tertiary/aromatic N) is 2. The fourth-order valence-corrected chi connectivity index (χ4v) is 3.57. The number of amides is 3. The van der Waals surface area contributed by atoms with Crippen LogP contribution in [0.3, 0.4) is 0 Å². The standard InChI is InChI=1S/C26H24N6O2/c33-25(27-15-17-4-3-5-21(14-17)32-26(34)31-20-12-13-20)18-8-10-19(11-9-18)30-24-22-6-1-2-7-23(22)28-16-29-24/h1-11,14,16,20H,12-13,15H2,(H,27,33)(H,28,29,30)(H2,31,32,34). The number of rotatable bonds is 7. The predicted molar refractivity (Wildman–Crippen MR) is 132 cm³/mol. The Morgan fingerprint density at radius 3 is 2.53 bits per heavy atom. The van der Waals surface area contributed by atoms with Crippen molar-refractivity contribution in [1.29, 1.82) is 0 Å². The zero-order valence-electron chi connectivity index (χ0n) is 18.4. The number of hydrogen-bond acceptors (Lipinski definition) is 5. The monoisotopic (exact) mass is 452 g/mol. The number of para-hydroxylation sites is 1. The van der Waals surface area contributed by atoms with Gasteiger partial charge in [-0.15, -0.1) is 0 Å².